The van der Waals surface area contributed by atoms with Crippen LogP contribution in [-0.2, 0) is 11.2 Å². The Bertz CT molecular complexity index is 315. The zero-order chi connectivity index (χ0) is 10.6. The van der Waals surface area contributed by atoms with E-state index < -0.39 is 0 Å². The number of hydrogen-bond acceptors (Lipinski definition) is 2. The summed E-state index contributed by atoms with van der Waals surface area (Å²) in [5.74, 6) is -0.246. The Hall–Kier alpha value is -1.25. The van der Waals surface area contributed by atoms with Gasteiger partial charge in [-0.15, -0.1) is 0 Å². The second-order valence-electron chi connectivity index (χ2n) is 3.30. The molecule has 0 aliphatic carbocycles. The molecule has 0 atom stereocenters. The van der Waals surface area contributed by atoms with E-state index in [-0.39, 0.29) is 5.97 Å². The summed E-state index contributed by atoms with van der Waals surface area (Å²) in [6, 6.07) is 0. The maximum absolute atomic E-state index is 11.5. The zero-order valence-electron chi connectivity index (χ0n) is 9.02. The Kier molecular flexibility index (Phi) is 3.74. The third kappa shape index (κ3) is 2.16. The Morgan fingerprint density at radius 1 is 1.50 bits per heavy atom. The van der Waals surface area contributed by atoms with E-state index in [1.54, 1.807) is 0 Å². The number of aromatic amines is 1. The van der Waals surface area contributed by atoms with Crippen molar-refractivity contribution >= 4 is 5.97 Å². The highest BCUT2D eigenvalue weighted by molar-refractivity contribution is 5.89. The molecular formula is C11H17NO2. The molecule has 0 aliphatic heterocycles. The van der Waals surface area contributed by atoms with E-state index in [2.05, 4.69) is 11.9 Å². The van der Waals surface area contributed by atoms with Crippen LogP contribution < -0.4 is 0 Å². The van der Waals surface area contributed by atoms with Crippen LogP contribution in [0, 0.1) is 6.92 Å². The van der Waals surface area contributed by atoms with Gasteiger partial charge in [0.25, 0.3) is 0 Å². The van der Waals surface area contributed by atoms with Gasteiger partial charge >= 0.3 is 5.97 Å². The van der Waals surface area contributed by atoms with Crippen LogP contribution in [0.4, 0.5) is 0 Å². The molecule has 14 heavy (non-hydrogen) atoms. The fourth-order valence-corrected chi connectivity index (χ4v) is 1.51. The summed E-state index contributed by atoms with van der Waals surface area (Å²) in [5, 5.41) is 0. The van der Waals surface area contributed by atoms with Crippen molar-refractivity contribution in [3.8, 4) is 0 Å². The van der Waals surface area contributed by atoms with Gasteiger partial charge in [-0.2, -0.15) is 0 Å². The molecule has 3 heteroatoms. The Morgan fingerprint density at radius 2 is 2.21 bits per heavy atom. The first-order valence-corrected chi connectivity index (χ1v) is 5.04. The zero-order valence-corrected chi connectivity index (χ0v) is 9.02. The average molecular weight is 195 g/mol. The smallest absolute Gasteiger partial charge is 0.355 e. The van der Waals surface area contributed by atoms with Gasteiger partial charge in [0.2, 0.25) is 0 Å². The van der Waals surface area contributed by atoms with Gasteiger partial charge in [0.1, 0.15) is 5.69 Å². The normalized spacial score (nSPS) is 10.2. The number of aromatic nitrogens is 1. The molecule has 1 rings (SSSR count). The van der Waals surface area contributed by atoms with Crippen molar-refractivity contribution in [3.05, 3.63) is 23.0 Å². The summed E-state index contributed by atoms with van der Waals surface area (Å²) >= 11 is 0. The van der Waals surface area contributed by atoms with E-state index in [9.17, 15) is 4.79 Å². The molecule has 0 spiro atoms. The minimum atomic E-state index is -0.246. The summed E-state index contributed by atoms with van der Waals surface area (Å²) < 4.78 is 4.96. The van der Waals surface area contributed by atoms with Gasteiger partial charge in [-0.3, -0.25) is 0 Å². The van der Waals surface area contributed by atoms with Crippen LogP contribution in [0.2, 0.25) is 0 Å². The van der Waals surface area contributed by atoms with Gasteiger partial charge in [0, 0.05) is 6.20 Å². The van der Waals surface area contributed by atoms with Gasteiger partial charge in [-0.1, -0.05) is 13.3 Å². The highest BCUT2D eigenvalue weighted by Gasteiger charge is 2.15. The van der Waals surface area contributed by atoms with Crippen molar-refractivity contribution in [1.82, 2.24) is 4.98 Å². The number of carbonyl (C=O) groups is 1. The summed E-state index contributed by atoms with van der Waals surface area (Å²) in [7, 11) is 0. The lowest BCUT2D eigenvalue weighted by Gasteiger charge is -2.03. The van der Waals surface area contributed by atoms with Crippen molar-refractivity contribution in [2.75, 3.05) is 6.61 Å². The van der Waals surface area contributed by atoms with Gasteiger partial charge < -0.3 is 9.72 Å². The third-order valence-corrected chi connectivity index (χ3v) is 2.19. The van der Waals surface area contributed by atoms with Gasteiger partial charge in [-0.05, 0) is 31.4 Å². The van der Waals surface area contributed by atoms with E-state index >= 15 is 0 Å². The van der Waals surface area contributed by atoms with Crippen LogP contribution in [0.1, 0.15) is 41.9 Å². The number of esters is 1. The lowest BCUT2D eigenvalue weighted by molar-refractivity contribution is 0.0519. The minimum absolute atomic E-state index is 0.246. The second-order valence-corrected chi connectivity index (χ2v) is 3.30. The van der Waals surface area contributed by atoms with E-state index in [0.29, 0.717) is 12.3 Å². The Balaban J connectivity index is 2.90. The lowest BCUT2D eigenvalue weighted by atomic mass is 10.1. The first-order chi connectivity index (χ1) is 6.70. The molecule has 1 N–H and O–H groups in total. The molecule has 0 bridgehead atoms. The van der Waals surface area contributed by atoms with Crippen molar-refractivity contribution in [2.24, 2.45) is 0 Å². The molecule has 1 aromatic rings. The molecule has 3 nitrogen and oxygen atoms in total. The Morgan fingerprint density at radius 3 is 2.79 bits per heavy atom. The molecule has 0 unspecified atom stereocenters. The fraction of sp³-hybridized carbons (Fsp3) is 0.545. The van der Waals surface area contributed by atoms with Crippen LogP contribution >= 0.6 is 0 Å². The predicted molar refractivity (Wildman–Crippen MR) is 55.5 cm³/mol. The number of ether oxygens (including phenoxy) is 1. The summed E-state index contributed by atoms with van der Waals surface area (Å²) in [6.45, 7) is 6.33. The lowest BCUT2D eigenvalue weighted by Crippen LogP contribution is -2.08. The standard InChI is InChI=1S/C11H17NO2/c1-4-6-9-8(3)7-12-10(9)11(13)14-5-2/h7,12H,4-6H2,1-3H3. The number of nitrogens with one attached hydrogen (secondary N) is 1. The van der Waals surface area contributed by atoms with Gasteiger partial charge in [0.05, 0.1) is 6.61 Å². The van der Waals surface area contributed by atoms with Crippen LogP contribution in [0.25, 0.3) is 0 Å². The number of carbonyl (C=O) groups excluding carboxylic acids is 1. The summed E-state index contributed by atoms with van der Waals surface area (Å²) in [4.78, 5) is 14.5. The Labute approximate surface area is 84.5 Å². The largest absolute Gasteiger partial charge is 0.461 e. The number of rotatable bonds is 4. The van der Waals surface area contributed by atoms with Gasteiger partial charge in [0.15, 0.2) is 0 Å². The maximum atomic E-state index is 11.5. The SMILES string of the molecule is CCCc1c(C)c[nH]c1C(=O)OCC. The molecule has 0 fully saturated rings. The van der Waals surface area contributed by atoms with Crippen LogP contribution in [0.3, 0.4) is 0 Å². The quantitative estimate of drug-likeness (QED) is 0.750. The molecule has 0 aromatic carbocycles. The molecule has 1 aromatic heterocycles. The van der Waals surface area contributed by atoms with Crippen molar-refractivity contribution in [3.63, 3.8) is 0 Å². The predicted octanol–water partition coefficient (Wildman–Crippen LogP) is 2.45. The van der Waals surface area contributed by atoms with Crippen molar-refractivity contribution < 1.29 is 9.53 Å². The fourth-order valence-electron chi connectivity index (χ4n) is 1.51. The van der Waals surface area contributed by atoms with Crippen LogP contribution in [-0.4, -0.2) is 17.6 Å². The monoisotopic (exact) mass is 195 g/mol. The molecule has 78 valence electrons. The van der Waals surface area contributed by atoms with Crippen molar-refractivity contribution in [2.45, 2.75) is 33.6 Å². The molecule has 0 radical (unpaired) electrons. The van der Waals surface area contributed by atoms with Crippen LogP contribution in [0.5, 0.6) is 0 Å². The van der Waals surface area contributed by atoms with Gasteiger partial charge in [-0.25, -0.2) is 4.79 Å². The first kappa shape index (κ1) is 10.8. The van der Waals surface area contributed by atoms with Crippen molar-refractivity contribution in [1.29, 1.82) is 0 Å². The van der Waals surface area contributed by atoms with Crippen LogP contribution in [0.15, 0.2) is 6.20 Å². The molecule has 0 saturated heterocycles. The molecule has 0 aliphatic rings. The first-order valence-electron chi connectivity index (χ1n) is 5.04. The molecule has 1 heterocycles. The topological polar surface area (TPSA) is 42.1 Å². The molecule has 0 amide bonds. The summed E-state index contributed by atoms with van der Waals surface area (Å²) in [6.07, 6.45) is 3.81. The molecular weight excluding hydrogens is 178 g/mol. The highest BCUT2D eigenvalue weighted by Crippen LogP contribution is 2.16. The number of aryl methyl sites for hydroxylation is 1. The second kappa shape index (κ2) is 4.84. The minimum Gasteiger partial charge on any atom is -0.461 e. The third-order valence-electron chi connectivity index (χ3n) is 2.19. The van der Waals surface area contributed by atoms with E-state index in [1.165, 1.54) is 0 Å². The number of hydrogen-bond donors (Lipinski definition) is 1. The van der Waals surface area contributed by atoms with E-state index in [4.69, 9.17) is 4.74 Å². The average Bonchev–Trinajstić information content (AvgIpc) is 2.50. The maximum Gasteiger partial charge on any atom is 0.355 e. The number of H-pyrrole nitrogens is 1. The highest BCUT2D eigenvalue weighted by atomic mass is 16.5. The van der Waals surface area contributed by atoms with E-state index in [1.807, 2.05) is 20.0 Å². The van der Waals surface area contributed by atoms with E-state index in [0.717, 1.165) is 24.0 Å². The molecule has 0 saturated carbocycles. The summed E-state index contributed by atoms with van der Waals surface area (Å²) in [5.41, 5.74) is 2.84.